The van der Waals surface area contributed by atoms with Gasteiger partial charge in [-0.1, -0.05) is 193 Å². The zero-order valence-corrected chi connectivity index (χ0v) is 41.4. The van der Waals surface area contributed by atoms with Crippen LogP contribution >= 0.6 is 7.82 Å². The minimum atomic E-state index is -4.36. The maximum Gasteiger partial charge on any atom is 0.472 e. The quantitative estimate of drug-likeness (QED) is 0.0244. The molecule has 0 bridgehead atoms. The van der Waals surface area contributed by atoms with Gasteiger partial charge in [-0.2, -0.15) is 0 Å². The predicted octanol–water partition coefficient (Wildman–Crippen LogP) is 14.2. The van der Waals surface area contributed by atoms with Crippen LogP contribution in [-0.4, -0.2) is 73.4 Å². The zero-order valence-electron chi connectivity index (χ0n) is 40.5. The monoisotopic (exact) mass is 896 g/mol. The van der Waals surface area contributed by atoms with E-state index < -0.39 is 20.0 Å². The Balaban J connectivity index is 4.42. The van der Waals surface area contributed by atoms with Gasteiger partial charge in [-0.05, 0) is 83.5 Å². The van der Waals surface area contributed by atoms with E-state index in [2.05, 4.69) is 129 Å². The molecular formula is C54H92N2O6P+. The molecule has 9 heteroatoms. The van der Waals surface area contributed by atoms with E-state index in [-0.39, 0.29) is 25.5 Å². The third-order valence-electron chi connectivity index (χ3n) is 9.94. The van der Waals surface area contributed by atoms with Gasteiger partial charge in [0.05, 0.1) is 39.9 Å². The minimum Gasteiger partial charge on any atom is -0.387 e. The number of likely N-dealkylation sites (N-methyl/N-ethyl adjacent to an activating group) is 1. The first-order chi connectivity index (χ1) is 30.5. The SMILES string of the molecule is CC/C=C\C/C=C\C/C=C\C/C=C\C/C=C\C/C=C\C/C=C\C/C=C\C/C=C\CCCC(=O)NC(COP(=O)(O)OCC[N+](C)(C)C)C(O)/C=C/CCCCCCCCCCCC. The summed E-state index contributed by atoms with van der Waals surface area (Å²) in [5.74, 6) is -0.242. The summed E-state index contributed by atoms with van der Waals surface area (Å²) in [6.45, 7) is 4.61. The minimum absolute atomic E-state index is 0.0434. The van der Waals surface area contributed by atoms with Gasteiger partial charge in [0.15, 0.2) is 0 Å². The Morgan fingerprint density at radius 2 is 0.952 bits per heavy atom. The number of nitrogens with one attached hydrogen (secondary N) is 1. The lowest BCUT2D eigenvalue weighted by Crippen LogP contribution is -2.45. The number of phosphoric acid groups is 1. The average Bonchev–Trinajstić information content (AvgIpc) is 3.24. The normalized spacial score (nSPS) is 15.2. The van der Waals surface area contributed by atoms with E-state index in [1.165, 1.54) is 51.4 Å². The van der Waals surface area contributed by atoms with Gasteiger partial charge in [0, 0.05) is 6.42 Å². The molecule has 0 aliphatic rings. The van der Waals surface area contributed by atoms with Crippen molar-refractivity contribution >= 4 is 13.7 Å². The molecule has 358 valence electrons. The predicted molar refractivity (Wildman–Crippen MR) is 272 cm³/mol. The highest BCUT2D eigenvalue weighted by molar-refractivity contribution is 7.47. The molecule has 0 fully saturated rings. The maximum atomic E-state index is 12.9. The fraction of sp³-hybridized carbons (Fsp3) is 0.611. The Labute approximate surface area is 386 Å². The van der Waals surface area contributed by atoms with Crippen LogP contribution in [-0.2, 0) is 18.4 Å². The topological polar surface area (TPSA) is 105 Å². The summed E-state index contributed by atoms with van der Waals surface area (Å²) in [6.07, 6.45) is 65.7. The number of allylic oxidation sites excluding steroid dienone is 19. The molecule has 0 rings (SSSR count). The van der Waals surface area contributed by atoms with E-state index in [0.717, 1.165) is 83.5 Å². The number of unbranched alkanes of at least 4 members (excludes halogenated alkanes) is 11. The van der Waals surface area contributed by atoms with Gasteiger partial charge in [-0.25, -0.2) is 4.57 Å². The van der Waals surface area contributed by atoms with Crippen molar-refractivity contribution in [1.82, 2.24) is 5.32 Å². The Hall–Kier alpha value is -3.10. The molecule has 3 unspecified atom stereocenters. The summed E-state index contributed by atoms with van der Waals surface area (Å²) < 4.78 is 23.5. The van der Waals surface area contributed by atoms with E-state index in [0.29, 0.717) is 17.4 Å². The van der Waals surface area contributed by atoms with Crippen LogP contribution in [0.5, 0.6) is 0 Å². The largest absolute Gasteiger partial charge is 0.472 e. The molecule has 1 amide bonds. The molecule has 3 atom stereocenters. The Morgan fingerprint density at radius 1 is 0.556 bits per heavy atom. The average molecular weight is 896 g/mol. The molecule has 0 saturated carbocycles. The van der Waals surface area contributed by atoms with Gasteiger partial charge < -0.3 is 19.8 Å². The fourth-order valence-electron chi connectivity index (χ4n) is 6.10. The van der Waals surface area contributed by atoms with E-state index in [1.807, 2.05) is 27.2 Å². The van der Waals surface area contributed by atoms with E-state index in [9.17, 15) is 19.4 Å². The number of hydrogen-bond donors (Lipinski definition) is 3. The maximum absolute atomic E-state index is 12.9. The van der Waals surface area contributed by atoms with Crippen LogP contribution in [0.3, 0.4) is 0 Å². The van der Waals surface area contributed by atoms with Gasteiger partial charge in [-0.3, -0.25) is 13.8 Å². The molecule has 0 aliphatic heterocycles. The fourth-order valence-corrected chi connectivity index (χ4v) is 6.83. The highest BCUT2D eigenvalue weighted by atomic mass is 31.2. The van der Waals surface area contributed by atoms with Crippen LogP contribution in [0.1, 0.15) is 162 Å². The molecule has 63 heavy (non-hydrogen) atoms. The van der Waals surface area contributed by atoms with Gasteiger partial charge >= 0.3 is 7.82 Å². The number of aliphatic hydroxyl groups is 1. The smallest absolute Gasteiger partial charge is 0.387 e. The third-order valence-corrected chi connectivity index (χ3v) is 10.9. The third kappa shape index (κ3) is 46.7. The number of nitrogens with zero attached hydrogens (tertiary/aromatic N) is 1. The first-order valence-electron chi connectivity index (χ1n) is 24.4. The van der Waals surface area contributed by atoms with Crippen LogP contribution in [0.2, 0.25) is 0 Å². The van der Waals surface area contributed by atoms with Gasteiger partial charge in [0.2, 0.25) is 5.91 Å². The van der Waals surface area contributed by atoms with Gasteiger partial charge in [0.25, 0.3) is 0 Å². The summed E-state index contributed by atoms with van der Waals surface area (Å²) in [7, 11) is 1.51. The van der Waals surface area contributed by atoms with Gasteiger partial charge in [0.1, 0.15) is 13.2 Å². The van der Waals surface area contributed by atoms with Crippen LogP contribution in [0, 0.1) is 0 Å². The number of carbonyl (C=O) groups is 1. The van der Waals surface area contributed by atoms with Crippen molar-refractivity contribution in [2.24, 2.45) is 0 Å². The van der Waals surface area contributed by atoms with Gasteiger partial charge in [-0.15, -0.1) is 0 Å². The second kappa shape index (κ2) is 44.1. The number of quaternary nitrogens is 1. The molecule has 0 aliphatic carbocycles. The highest BCUT2D eigenvalue weighted by Gasteiger charge is 2.27. The van der Waals surface area contributed by atoms with Crippen LogP contribution in [0.25, 0.3) is 0 Å². The highest BCUT2D eigenvalue weighted by Crippen LogP contribution is 2.43. The number of amides is 1. The van der Waals surface area contributed by atoms with Crippen molar-refractivity contribution in [1.29, 1.82) is 0 Å². The molecule has 8 nitrogen and oxygen atoms in total. The summed E-state index contributed by atoms with van der Waals surface area (Å²) in [5.41, 5.74) is 0. The molecule has 0 saturated heterocycles. The molecule has 0 heterocycles. The van der Waals surface area contributed by atoms with Crippen molar-refractivity contribution < 1.29 is 32.9 Å². The number of hydrogen-bond acceptors (Lipinski definition) is 5. The van der Waals surface area contributed by atoms with E-state index >= 15 is 0 Å². The molecule has 3 N–H and O–H groups in total. The van der Waals surface area contributed by atoms with E-state index in [4.69, 9.17) is 9.05 Å². The summed E-state index contributed by atoms with van der Waals surface area (Å²) in [6, 6.07) is -0.885. The number of aliphatic hydroxyl groups excluding tert-OH is 1. The van der Waals surface area contributed by atoms with Crippen molar-refractivity contribution in [3.8, 4) is 0 Å². The standard InChI is InChI=1S/C54H91N2O6P/c1-6-8-10-12-14-16-18-20-21-22-23-24-25-26-27-28-29-30-31-32-33-34-35-36-38-40-42-44-46-48-54(58)55-52(51-62-63(59,60)61-50-49-56(3,4)5)53(57)47-45-43-41-39-37-19-17-15-13-11-9-7-2/h8,10,14,16,20-21,23-24,26-27,29-30,32-33,35-36,40,42,45,47,52-53,57H,6-7,9,11-13,15,17-19,22,25,28,31,34,37-39,41,43-44,46,48-51H2,1-5H3,(H-,55,58,59,60)/p+1/b10-8-,16-14-,21-20-,24-23-,27-26-,30-29-,33-32-,36-35-,42-40-,47-45+. The van der Waals surface area contributed by atoms with Crippen LogP contribution in [0.4, 0.5) is 0 Å². The number of phosphoric ester groups is 1. The number of rotatable bonds is 42. The van der Waals surface area contributed by atoms with Crippen molar-refractivity contribution in [3.05, 3.63) is 122 Å². The van der Waals surface area contributed by atoms with Crippen LogP contribution < -0.4 is 5.32 Å². The summed E-state index contributed by atoms with van der Waals surface area (Å²) in [5, 5.41) is 13.8. The Kier molecular flexibility index (Phi) is 41.9. The molecule has 0 aromatic carbocycles. The lowest BCUT2D eigenvalue weighted by Gasteiger charge is -2.25. The molecule has 0 radical (unpaired) electrons. The molecule has 0 aromatic rings. The summed E-state index contributed by atoms with van der Waals surface area (Å²) in [4.78, 5) is 23.1. The molecular weight excluding hydrogens is 804 g/mol. The lowest BCUT2D eigenvalue weighted by atomic mass is 10.1. The Morgan fingerprint density at radius 3 is 1.38 bits per heavy atom. The first-order valence-corrected chi connectivity index (χ1v) is 25.9. The first kappa shape index (κ1) is 59.9. The molecule has 0 aromatic heterocycles. The van der Waals surface area contributed by atoms with Crippen LogP contribution in [0.15, 0.2) is 122 Å². The van der Waals surface area contributed by atoms with Crippen molar-refractivity contribution in [3.63, 3.8) is 0 Å². The van der Waals surface area contributed by atoms with E-state index in [1.54, 1.807) is 6.08 Å². The zero-order chi connectivity index (χ0) is 46.4. The second-order valence-electron chi connectivity index (χ2n) is 17.1. The lowest BCUT2D eigenvalue weighted by molar-refractivity contribution is -0.870. The number of carbonyl (C=O) groups excluding carboxylic acids is 1. The van der Waals surface area contributed by atoms with Crippen molar-refractivity contribution in [2.75, 3.05) is 40.9 Å². The Bertz CT molecular complexity index is 1430. The second-order valence-corrected chi connectivity index (χ2v) is 18.6. The summed E-state index contributed by atoms with van der Waals surface area (Å²) >= 11 is 0. The van der Waals surface area contributed by atoms with Crippen molar-refractivity contribution in [2.45, 2.75) is 174 Å². The molecule has 0 spiro atoms.